The highest BCUT2D eigenvalue weighted by molar-refractivity contribution is 5.92. The molecule has 2 aliphatic heterocycles. The van der Waals surface area contributed by atoms with Gasteiger partial charge in [-0.05, 0) is 30.7 Å². The summed E-state index contributed by atoms with van der Waals surface area (Å²) in [7, 11) is 0. The molecule has 0 amide bonds. The summed E-state index contributed by atoms with van der Waals surface area (Å²) in [5, 5.41) is 12.7. The molecule has 0 spiro atoms. The molecule has 0 saturated carbocycles. The summed E-state index contributed by atoms with van der Waals surface area (Å²) >= 11 is 0. The Hall–Kier alpha value is -2.77. The Bertz CT molecular complexity index is 1060. The normalized spacial score (nSPS) is 19.7. The van der Waals surface area contributed by atoms with Crippen molar-refractivity contribution >= 4 is 22.3 Å². The maximum Gasteiger partial charge on any atom is 0.131 e. The van der Waals surface area contributed by atoms with Crippen molar-refractivity contribution in [1.29, 1.82) is 0 Å². The van der Waals surface area contributed by atoms with Gasteiger partial charge in [-0.25, -0.2) is 4.39 Å². The number of fused-ring (bicyclic) bond motifs is 2. The first-order valence-corrected chi connectivity index (χ1v) is 10.5. The van der Waals surface area contributed by atoms with Crippen LogP contribution in [0.15, 0.2) is 42.6 Å². The van der Waals surface area contributed by atoms with Crippen molar-refractivity contribution in [2.75, 3.05) is 49.6 Å². The van der Waals surface area contributed by atoms with Gasteiger partial charge in [-0.3, -0.25) is 4.90 Å². The summed E-state index contributed by atoms with van der Waals surface area (Å²) in [6.07, 6.45) is 1.72. The van der Waals surface area contributed by atoms with Gasteiger partial charge in [0.25, 0.3) is 0 Å². The van der Waals surface area contributed by atoms with Gasteiger partial charge in [-0.2, -0.15) is 10.2 Å². The Morgan fingerprint density at radius 1 is 1.20 bits per heavy atom. The Kier molecular flexibility index (Phi) is 5.23. The third kappa shape index (κ3) is 3.70. The van der Waals surface area contributed by atoms with E-state index in [9.17, 15) is 4.39 Å². The molecule has 30 heavy (non-hydrogen) atoms. The van der Waals surface area contributed by atoms with Crippen LogP contribution >= 0.6 is 0 Å². The fourth-order valence-electron chi connectivity index (χ4n) is 4.40. The maximum absolute atomic E-state index is 14.4. The molecular formula is C23H26FN5O. The number of hydrogen-bond acceptors (Lipinski definition) is 6. The van der Waals surface area contributed by atoms with E-state index in [2.05, 4.69) is 37.4 Å². The first-order chi connectivity index (χ1) is 14.7. The number of piperazine rings is 1. The fourth-order valence-corrected chi connectivity index (χ4v) is 4.40. The van der Waals surface area contributed by atoms with Crippen molar-refractivity contribution in [3.8, 4) is 0 Å². The number of aromatic nitrogens is 2. The molecule has 1 unspecified atom stereocenters. The summed E-state index contributed by atoms with van der Waals surface area (Å²) in [5.41, 5.74) is 4.16. The Morgan fingerprint density at radius 3 is 3.07 bits per heavy atom. The summed E-state index contributed by atoms with van der Waals surface area (Å²) < 4.78 is 20.0. The van der Waals surface area contributed by atoms with Crippen molar-refractivity contribution < 1.29 is 9.13 Å². The van der Waals surface area contributed by atoms with E-state index in [-0.39, 0.29) is 5.82 Å². The van der Waals surface area contributed by atoms with E-state index in [1.807, 2.05) is 18.2 Å². The molecule has 7 heteroatoms. The van der Waals surface area contributed by atoms with E-state index in [4.69, 9.17) is 4.74 Å². The van der Waals surface area contributed by atoms with E-state index in [1.54, 1.807) is 19.2 Å². The number of rotatable bonds is 4. The lowest BCUT2D eigenvalue weighted by Crippen LogP contribution is -2.58. The van der Waals surface area contributed by atoms with Gasteiger partial charge in [0.2, 0.25) is 0 Å². The molecule has 3 heterocycles. The molecule has 5 rings (SSSR count). The first kappa shape index (κ1) is 19.2. The smallest absolute Gasteiger partial charge is 0.131 e. The van der Waals surface area contributed by atoms with Gasteiger partial charge < -0.3 is 15.0 Å². The minimum absolute atomic E-state index is 0.162. The number of benzene rings is 2. The molecule has 3 aromatic rings. The second-order valence-electron chi connectivity index (χ2n) is 8.07. The molecule has 1 aromatic heterocycles. The monoisotopic (exact) mass is 407 g/mol. The zero-order valence-corrected chi connectivity index (χ0v) is 17.1. The molecule has 1 N–H and O–H groups in total. The largest absolute Gasteiger partial charge is 0.379 e. The predicted octanol–water partition coefficient (Wildman–Crippen LogP) is 3.21. The highest BCUT2D eigenvalue weighted by atomic mass is 19.1. The highest BCUT2D eigenvalue weighted by Crippen LogP contribution is 2.28. The molecule has 0 radical (unpaired) electrons. The standard InChI is InChI=1S/C23H26FN5O/c1-16-3-2-4-17(23(16)24)12-25-22-13-26-27-21-6-5-18(11-20(21)22)29-8-7-28-9-10-30-15-19(28)14-29/h2-6,11,13,19H,7-10,12,14-15H2,1H3,(H,25,27). The van der Waals surface area contributed by atoms with E-state index < -0.39 is 0 Å². The van der Waals surface area contributed by atoms with Crippen LogP contribution in [-0.4, -0.2) is 60.5 Å². The van der Waals surface area contributed by atoms with E-state index >= 15 is 0 Å². The number of anilines is 2. The predicted molar refractivity (Wildman–Crippen MR) is 116 cm³/mol. The zero-order chi connectivity index (χ0) is 20.5. The van der Waals surface area contributed by atoms with Crippen molar-refractivity contribution in [1.82, 2.24) is 15.1 Å². The van der Waals surface area contributed by atoms with Crippen LogP contribution in [0.2, 0.25) is 0 Å². The van der Waals surface area contributed by atoms with Crippen molar-refractivity contribution in [2.24, 2.45) is 0 Å². The van der Waals surface area contributed by atoms with E-state index in [0.717, 1.165) is 56.0 Å². The highest BCUT2D eigenvalue weighted by Gasteiger charge is 2.29. The van der Waals surface area contributed by atoms with Gasteiger partial charge in [0.1, 0.15) is 5.82 Å². The van der Waals surface area contributed by atoms with Crippen molar-refractivity contribution in [3.63, 3.8) is 0 Å². The number of hydrogen-bond donors (Lipinski definition) is 1. The molecule has 156 valence electrons. The van der Waals surface area contributed by atoms with Gasteiger partial charge in [-0.1, -0.05) is 18.2 Å². The van der Waals surface area contributed by atoms with Crippen LogP contribution in [-0.2, 0) is 11.3 Å². The number of halogens is 1. The first-order valence-electron chi connectivity index (χ1n) is 10.5. The van der Waals surface area contributed by atoms with Gasteiger partial charge in [-0.15, -0.1) is 0 Å². The minimum Gasteiger partial charge on any atom is -0.379 e. The lowest BCUT2D eigenvalue weighted by atomic mass is 10.1. The average Bonchev–Trinajstić information content (AvgIpc) is 2.79. The Morgan fingerprint density at radius 2 is 2.13 bits per heavy atom. The third-order valence-electron chi connectivity index (χ3n) is 6.17. The lowest BCUT2D eigenvalue weighted by Gasteiger charge is -2.44. The minimum atomic E-state index is -0.162. The molecule has 2 fully saturated rings. The molecule has 6 nitrogen and oxygen atoms in total. The molecular weight excluding hydrogens is 381 g/mol. The van der Waals surface area contributed by atoms with Gasteiger partial charge >= 0.3 is 0 Å². The number of nitrogens with zero attached hydrogens (tertiary/aromatic N) is 4. The molecule has 1 atom stereocenters. The quantitative estimate of drug-likeness (QED) is 0.717. The molecule has 2 aromatic carbocycles. The van der Waals surface area contributed by atoms with Crippen molar-refractivity contribution in [3.05, 3.63) is 59.5 Å². The third-order valence-corrected chi connectivity index (χ3v) is 6.17. The van der Waals surface area contributed by atoms with Crippen LogP contribution in [0.25, 0.3) is 10.9 Å². The second kappa shape index (κ2) is 8.16. The zero-order valence-electron chi connectivity index (χ0n) is 17.1. The van der Waals surface area contributed by atoms with Crippen LogP contribution in [0.5, 0.6) is 0 Å². The van der Waals surface area contributed by atoms with E-state index in [0.29, 0.717) is 23.7 Å². The lowest BCUT2D eigenvalue weighted by molar-refractivity contribution is -0.0116. The number of ether oxygens (including phenoxy) is 1. The second-order valence-corrected chi connectivity index (χ2v) is 8.07. The number of morpholine rings is 1. The average molecular weight is 407 g/mol. The molecule has 0 bridgehead atoms. The fraction of sp³-hybridized carbons (Fsp3) is 0.391. The Labute approximate surface area is 175 Å². The van der Waals surface area contributed by atoms with Crippen LogP contribution in [0.4, 0.5) is 15.8 Å². The Balaban J connectivity index is 1.39. The summed E-state index contributed by atoms with van der Waals surface area (Å²) in [6.45, 7) is 7.85. The van der Waals surface area contributed by atoms with Crippen LogP contribution < -0.4 is 10.2 Å². The number of nitrogens with one attached hydrogen (secondary N) is 1. The molecule has 0 aliphatic carbocycles. The van der Waals surface area contributed by atoms with Crippen LogP contribution in [0.3, 0.4) is 0 Å². The maximum atomic E-state index is 14.4. The number of aryl methyl sites for hydroxylation is 1. The van der Waals surface area contributed by atoms with Crippen molar-refractivity contribution in [2.45, 2.75) is 19.5 Å². The summed E-state index contributed by atoms with van der Waals surface area (Å²) in [4.78, 5) is 4.94. The van der Waals surface area contributed by atoms with E-state index in [1.165, 1.54) is 5.69 Å². The van der Waals surface area contributed by atoms with Gasteiger partial charge in [0.15, 0.2) is 0 Å². The van der Waals surface area contributed by atoms with Crippen LogP contribution in [0.1, 0.15) is 11.1 Å². The topological polar surface area (TPSA) is 53.5 Å². The summed E-state index contributed by atoms with van der Waals surface area (Å²) in [5.74, 6) is -0.162. The van der Waals surface area contributed by atoms with Crippen LogP contribution in [0, 0.1) is 12.7 Å². The molecule has 2 saturated heterocycles. The SMILES string of the molecule is Cc1cccc(CNc2cnnc3ccc(N4CCN5CCOCC5C4)cc23)c1F. The molecule has 2 aliphatic rings. The van der Waals surface area contributed by atoms with Gasteiger partial charge in [0.05, 0.1) is 36.7 Å². The van der Waals surface area contributed by atoms with Gasteiger partial charge in [0, 0.05) is 49.4 Å². The summed E-state index contributed by atoms with van der Waals surface area (Å²) in [6, 6.07) is 12.2.